The van der Waals surface area contributed by atoms with Gasteiger partial charge in [-0.05, 0) is 50.3 Å². The van der Waals surface area contributed by atoms with Gasteiger partial charge in [-0.15, -0.1) is 0 Å². The Bertz CT molecular complexity index is 486. The number of rotatable bonds is 4. The Morgan fingerprint density at radius 2 is 1.95 bits per heavy atom. The molecule has 21 heavy (non-hydrogen) atoms. The van der Waals surface area contributed by atoms with E-state index in [1.54, 1.807) is 0 Å². The molecule has 2 nitrogen and oxygen atoms in total. The van der Waals surface area contributed by atoms with E-state index in [1.807, 2.05) is 12.1 Å². The molecule has 2 N–H and O–H groups in total. The smallest absolute Gasteiger partial charge is 0.0453 e. The second kappa shape index (κ2) is 6.28. The van der Waals surface area contributed by atoms with Gasteiger partial charge < -0.3 is 5.73 Å². The molecule has 1 saturated carbocycles. The van der Waals surface area contributed by atoms with E-state index in [0.717, 1.165) is 11.4 Å². The molecule has 118 valence electrons. The van der Waals surface area contributed by atoms with Crippen molar-refractivity contribution in [1.29, 1.82) is 0 Å². The highest BCUT2D eigenvalue weighted by molar-refractivity contribution is 6.31. The highest BCUT2D eigenvalue weighted by atomic mass is 35.5. The molecule has 2 unspecified atom stereocenters. The van der Waals surface area contributed by atoms with E-state index in [9.17, 15) is 0 Å². The first-order valence-corrected chi connectivity index (χ1v) is 8.37. The molecule has 1 aliphatic rings. The summed E-state index contributed by atoms with van der Waals surface area (Å²) in [6.07, 6.45) is 4.88. The van der Waals surface area contributed by atoms with Crippen molar-refractivity contribution in [3.63, 3.8) is 0 Å². The fraction of sp³-hybridized carbons (Fsp3) is 0.667. The molecule has 0 radical (unpaired) electrons. The predicted molar refractivity (Wildman–Crippen MR) is 91.7 cm³/mol. The van der Waals surface area contributed by atoms with E-state index in [-0.39, 0.29) is 11.6 Å². The molecular formula is C18H29ClN2. The summed E-state index contributed by atoms with van der Waals surface area (Å²) in [6.45, 7) is 7.68. The second-order valence-corrected chi connectivity index (χ2v) is 7.84. The van der Waals surface area contributed by atoms with Gasteiger partial charge in [0.05, 0.1) is 0 Å². The van der Waals surface area contributed by atoms with Gasteiger partial charge in [-0.3, -0.25) is 4.90 Å². The van der Waals surface area contributed by atoms with E-state index < -0.39 is 0 Å². The highest BCUT2D eigenvalue weighted by Gasteiger charge is 2.43. The molecule has 0 aliphatic heterocycles. The summed E-state index contributed by atoms with van der Waals surface area (Å²) in [5.41, 5.74) is 7.88. The quantitative estimate of drug-likeness (QED) is 0.878. The maximum atomic E-state index is 6.39. The zero-order valence-corrected chi connectivity index (χ0v) is 14.6. The Hall–Kier alpha value is -0.570. The molecule has 1 fully saturated rings. The van der Waals surface area contributed by atoms with Crippen molar-refractivity contribution >= 4 is 11.6 Å². The average molecular weight is 309 g/mol. The van der Waals surface area contributed by atoms with Crippen LogP contribution < -0.4 is 5.73 Å². The summed E-state index contributed by atoms with van der Waals surface area (Å²) in [6, 6.07) is 8.42. The van der Waals surface area contributed by atoms with Crippen LogP contribution in [0.1, 0.15) is 58.1 Å². The van der Waals surface area contributed by atoms with Gasteiger partial charge in [0.1, 0.15) is 0 Å². The molecule has 1 aromatic rings. The van der Waals surface area contributed by atoms with E-state index in [4.69, 9.17) is 17.3 Å². The van der Waals surface area contributed by atoms with Crippen molar-refractivity contribution in [1.82, 2.24) is 4.90 Å². The van der Waals surface area contributed by atoms with E-state index in [2.05, 4.69) is 44.9 Å². The maximum absolute atomic E-state index is 6.39. The van der Waals surface area contributed by atoms with Gasteiger partial charge in [-0.2, -0.15) is 0 Å². The highest BCUT2D eigenvalue weighted by Crippen LogP contribution is 2.45. The van der Waals surface area contributed by atoms with Crippen LogP contribution in [0.3, 0.4) is 0 Å². The summed E-state index contributed by atoms with van der Waals surface area (Å²) in [7, 11) is 2.21. The number of nitrogens with two attached hydrogens (primary N) is 1. The fourth-order valence-electron chi connectivity index (χ4n) is 4.02. The molecule has 3 heteroatoms. The summed E-state index contributed by atoms with van der Waals surface area (Å²) >= 11 is 6.39. The number of hydrogen-bond donors (Lipinski definition) is 1. The van der Waals surface area contributed by atoms with Crippen molar-refractivity contribution in [2.45, 2.75) is 58.0 Å². The third-order valence-corrected chi connectivity index (χ3v) is 5.71. The topological polar surface area (TPSA) is 29.3 Å². The number of hydrogen-bond acceptors (Lipinski definition) is 2. The minimum Gasteiger partial charge on any atom is -0.329 e. The van der Waals surface area contributed by atoms with Crippen LogP contribution in [-0.2, 0) is 0 Å². The Balaban J connectivity index is 2.28. The average Bonchev–Trinajstić information content (AvgIpc) is 2.45. The fourth-order valence-corrected chi connectivity index (χ4v) is 4.31. The Morgan fingerprint density at radius 1 is 1.29 bits per heavy atom. The number of nitrogens with zero attached hydrogens (tertiary/aromatic N) is 1. The summed E-state index contributed by atoms with van der Waals surface area (Å²) in [5, 5.41) is 0.846. The first-order valence-electron chi connectivity index (χ1n) is 7.99. The van der Waals surface area contributed by atoms with Gasteiger partial charge in [-0.25, -0.2) is 0 Å². The number of halogens is 1. The summed E-state index contributed by atoms with van der Waals surface area (Å²) in [4.78, 5) is 2.47. The Morgan fingerprint density at radius 3 is 2.52 bits per heavy atom. The first kappa shape index (κ1) is 16.8. The summed E-state index contributed by atoms with van der Waals surface area (Å²) < 4.78 is 0. The predicted octanol–water partition coefficient (Wildman–Crippen LogP) is 4.63. The molecule has 2 atom stereocenters. The van der Waals surface area contributed by atoms with Crippen molar-refractivity contribution in [2.75, 3.05) is 13.6 Å². The molecule has 1 aromatic carbocycles. The SMILES string of the molecule is CC(c1ccccc1Cl)N(C)C1(CN)CCCC(C)(C)C1. The molecule has 1 aliphatic carbocycles. The van der Waals surface area contributed by atoms with Crippen LogP contribution in [0.4, 0.5) is 0 Å². The molecule has 0 amide bonds. The van der Waals surface area contributed by atoms with Crippen LogP contribution in [0.5, 0.6) is 0 Å². The van der Waals surface area contributed by atoms with Gasteiger partial charge in [0, 0.05) is 23.1 Å². The van der Waals surface area contributed by atoms with Crippen molar-refractivity contribution in [2.24, 2.45) is 11.1 Å². The van der Waals surface area contributed by atoms with E-state index in [0.29, 0.717) is 12.0 Å². The van der Waals surface area contributed by atoms with E-state index >= 15 is 0 Å². The lowest BCUT2D eigenvalue weighted by Crippen LogP contribution is -2.56. The van der Waals surface area contributed by atoms with Gasteiger partial charge in [-0.1, -0.05) is 50.1 Å². The van der Waals surface area contributed by atoms with Crippen LogP contribution >= 0.6 is 11.6 Å². The zero-order chi connectivity index (χ0) is 15.7. The summed E-state index contributed by atoms with van der Waals surface area (Å²) in [5.74, 6) is 0. The lowest BCUT2D eigenvalue weighted by molar-refractivity contribution is 0.00392. The lowest BCUT2D eigenvalue weighted by atomic mass is 9.67. The molecule has 0 spiro atoms. The van der Waals surface area contributed by atoms with Crippen LogP contribution in [0, 0.1) is 5.41 Å². The molecular weight excluding hydrogens is 280 g/mol. The number of benzene rings is 1. The second-order valence-electron chi connectivity index (χ2n) is 7.43. The van der Waals surface area contributed by atoms with Crippen molar-refractivity contribution in [3.05, 3.63) is 34.9 Å². The van der Waals surface area contributed by atoms with Crippen molar-refractivity contribution in [3.8, 4) is 0 Å². The molecule has 0 bridgehead atoms. The minimum absolute atomic E-state index is 0.0837. The Kier molecular flexibility index (Phi) is 5.02. The molecule has 0 saturated heterocycles. The lowest BCUT2D eigenvalue weighted by Gasteiger charge is -2.51. The van der Waals surface area contributed by atoms with Crippen molar-refractivity contribution < 1.29 is 0 Å². The van der Waals surface area contributed by atoms with Gasteiger partial charge in [0.2, 0.25) is 0 Å². The molecule has 0 aromatic heterocycles. The van der Waals surface area contributed by atoms with Gasteiger partial charge >= 0.3 is 0 Å². The van der Waals surface area contributed by atoms with Gasteiger partial charge in [0.15, 0.2) is 0 Å². The first-order chi connectivity index (χ1) is 9.81. The van der Waals surface area contributed by atoms with Crippen LogP contribution in [0.2, 0.25) is 5.02 Å². The van der Waals surface area contributed by atoms with Gasteiger partial charge in [0.25, 0.3) is 0 Å². The van der Waals surface area contributed by atoms with Crippen LogP contribution in [-0.4, -0.2) is 24.0 Å². The standard InChI is InChI=1S/C18H29ClN2/c1-14(15-8-5-6-9-16(15)19)21(4)18(13-20)11-7-10-17(2,3)12-18/h5-6,8-9,14H,7,10-13,20H2,1-4H3. The van der Waals surface area contributed by atoms with Crippen LogP contribution in [0.15, 0.2) is 24.3 Å². The monoisotopic (exact) mass is 308 g/mol. The zero-order valence-electron chi connectivity index (χ0n) is 13.8. The largest absolute Gasteiger partial charge is 0.329 e. The third kappa shape index (κ3) is 3.44. The van der Waals surface area contributed by atoms with Crippen LogP contribution in [0.25, 0.3) is 0 Å². The maximum Gasteiger partial charge on any atom is 0.0453 e. The Labute approximate surface area is 134 Å². The molecule has 2 rings (SSSR count). The normalized spacial score (nSPS) is 26.8. The van der Waals surface area contributed by atoms with E-state index in [1.165, 1.54) is 24.8 Å². The molecule has 0 heterocycles. The minimum atomic E-state index is 0.0837. The number of likely N-dealkylation sites (N-methyl/N-ethyl adjacent to an activating group) is 1. The third-order valence-electron chi connectivity index (χ3n) is 5.37.